The molecule has 0 N–H and O–H groups in total. The van der Waals surface area contributed by atoms with Crippen molar-refractivity contribution in [3.05, 3.63) is 74.6 Å². The molecule has 0 amide bonds. The van der Waals surface area contributed by atoms with Crippen LogP contribution in [0, 0.1) is 0 Å². The van der Waals surface area contributed by atoms with Gasteiger partial charge in [0.05, 0.1) is 17.1 Å². The van der Waals surface area contributed by atoms with Gasteiger partial charge in [0.1, 0.15) is 17.3 Å². The molecule has 0 radical (unpaired) electrons. The molecule has 0 spiro atoms. The minimum Gasteiger partial charge on any atom is -0.426 e. The summed E-state index contributed by atoms with van der Waals surface area (Å²) in [5.74, 6) is 1.42. The van der Waals surface area contributed by atoms with Gasteiger partial charge in [-0.1, -0.05) is 36.4 Å². The van der Waals surface area contributed by atoms with Crippen molar-refractivity contribution in [2.45, 2.75) is 39.8 Å². The van der Waals surface area contributed by atoms with Crippen molar-refractivity contribution in [3.8, 4) is 5.75 Å². The van der Waals surface area contributed by atoms with Gasteiger partial charge in [0.25, 0.3) is 0 Å². The number of aromatic nitrogens is 2. The van der Waals surface area contributed by atoms with Gasteiger partial charge in [-0.3, -0.25) is 14.6 Å². The molecule has 3 aromatic rings. The number of benzene rings is 2. The lowest BCUT2D eigenvalue weighted by Crippen LogP contribution is -2.30. The fraction of sp³-hybridized carbons (Fsp3) is 0.280. The van der Waals surface area contributed by atoms with E-state index in [-0.39, 0.29) is 17.8 Å². The third-order valence-corrected chi connectivity index (χ3v) is 6.78. The van der Waals surface area contributed by atoms with Crippen LogP contribution in [0.4, 0.5) is 5.82 Å². The van der Waals surface area contributed by atoms with Crippen molar-refractivity contribution >= 4 is 55.3 Å². The van der Waals surface area contributed by atoms with Crippen molar-refractivity contribution in [2.75, 3.05) is 11.4 Å². The normalized spacial score (nSPS) is 15.4. The summed E-state index contributed by atoms with van der Waals surface area (Å²) in [5.41, 5.74) is 2.66. The highest BCUT2D eigenvalue weighted by Gasteiger charge is 2.31. The number of esters is 1. The summed E-state index contributed by atoms with van der Waals surface area (Å²) in [6.07, 6.45) is 0.828. The second-order valence-corrected chi connectivity index (χ2v) is 9.75. The smallest absolute Gasteiger partial charge is 0.308 e. The third-order valence-electron chi connectivity index (χ3n) is 5.55. The van der Waals surface area contributed by atoms with Gasteiger partial charge in [-0.15, -0.1) is 0 Å². The van der Waals surface area contributed by atoms with Crippen molar-refractivity contribution in [1.82, 2.24) is 9.55 Å². The first-order chi connectivity index (χ1) is 16.2. The van der Waals surface area contributed by atoms with Crippen LogP contribution in [0.15, 0.2) is 62.7 Å². The van der Waals surface area contributed by atoms with Crippen LogP contribution in [0.2, 0.25) is 0 Å². The maximum Gasteiger partial charge on any atom is 0.308 e. The Bertz CT molecular complexity index is 1270. The van der Waals surface area contributed by atoms with Crippen LogP contribution in [-0.2, 0) is 17.8 Å². The van der Waals surface area contributed by atoms with E-state index in [0.29, 0.717) is 39.6 Å². The van der Waals surface area contributed by atoms with Gasteiger partial charge in [-0.2, -0.15) is 0 Å². The summed E-state index contributed by atoms with van der Waals surface area (Å²) in [6, 6.07) is 15.8. The molecule has 176 valence electrons. The molecule has 1 aliphatic rings. The van der Waals surface area contributed by atoms with Gasteiger partial charge >= 0.3 is 5.97 Å². The number of aliphatic imine (C=N–C) groups is 1. The standard InChI is InChI=1S/C25H24Br2N4O3/c1-15(32)23-24(30-14-20(28-16(30)2)11-18-7-5-4-6-8-18)29-25(27)31(23)13-19-9-10-22(21(26)12-19)34-17(3)33/h4-10,12,20H,11,13-14H2,1-3H3/t20-/m1/s1. The summed E-state index contributed by atoms with van der Waals surface area (Å²) in [5, 5.41) is 0. The summed E-state index contributed by atoms with van der Waals surface area (Å²) in [4.78, 5) is 35.6. The Balaban J connectivity index is 1.60. The van der Waals surface area contributed by atoms with Crippen molar-refractivity contribution < 1.29 is 14.3 Å². The monoisotopic (exact) mass is 586 g/mol. The summed E-state index contributed by atoms with van der Waals surface area (Å²) < 4.78 is 8.26. The molecule has 9 heteroatoms. The molecule has 4 rings (SSSR count). The second kappa shape index (κ2) is 10.2. The molecular weight excluding hydrogens is 564 g/mol. The van der Waals surface area contributed by atoms with E-state index in [1.54, 1.807) is 13.0 Å². The number of hydrogen-bond donors (Lipinski definition) is 0. The molecule has 0 saturated carbocycles. The molecule has 0 unspecified atom stereocenters. The molecular formula is C25H24Br2N4O3. The molecule has 1 atom stereocenters. The fourth-order valence-corrected chi connectivity index (χ4v) is 5.09. The van der Waals surface area contributed by atoms with Gasteiger partial charge in [-0.05, 0) is 68.5 Å². The highest BCUT2D eigenvalue weighted by atomic mass is 79.9. The summed E-state index contributed by atoms with van der Waals surface area (Å²) in [6.45, 7) is 5.93. The number of ether oxygens (including phenoxy) is 1. The topological polar surface area (TPSA) is 76.8 Å². The third kappa shape index (κ3) is 5.31. The van der Waals surface area contributed by atoms with E-state index in [0.717, 1.165) is 17.8 Å². The van der Waals surface area contributed by atoms with Crippen molar-refractivity contribution in [1.29, 1.82) is 0 Å². The molecule has 2 heterocycles. The lowest BCUT2D eigenvalue weighted by atomic mass is 10.1. The zero-order chi connectivity index (χ0) is 24.4. The van der Waals surface area contributed by atoms with Gasteiger partial charge in [0, 0.05) is 20.4 Å². The van der Waals surface area contributed by atoms with E-state index in [1.807, 2.05) is 46.7 Å². The molecule has 2 aromatic carbocycles. The molecule has 0 fully saturated rings. The number of rotatable bonds is 7. The van der Waals surface area contributed by atoms with Gasteiger partial charge in [0.2, 0.25) is 0 Å². The Hall–Kier alpha value is -2.78. The number of amidine groups is 1. The minimum absolute atomic E-state index is 0.0805. The van der Waals surface area contributed by atoms with E-state index in [1.165, 1.54) is 12.5 Å². The molecule has 7 nitrogen and oxygen atoms in total. The highest BCUT2D eigenvalue weighted by molar-refractivity contribution is 9.10. The lowest BCUT2D eigenvalue weighted by Gasteiger charge is -2.18. The molecule has 1 aliphatic heterocycles. The van der Waals surface area contributed by atoms with Gasteiger partial charge in [0.15, 0.2) is 16.3 Å². The van der Waals surface area contributed by atoms with Gasteiger partial charge < -0.3 is 14.2 Å². The quantitative estimate of drug-likeness (QED) is 0.209. The average molecular weight is 588 g/mol. The first-order valence-corrected chi connectivity index (χ1v) is 12.4. The number of nitrogens with zero attached hydrogens (tertiary/aromatic N) is 4. The maximum absolute atomic E-state index is 12.8. The molecule has 1 aromatic heterocycles. The Labute approximate surface area is 215 Å². The lowest BCUT2D eigenvalue weighted by molar-refractivity contribution is -0.131. The van der Waals surface area contributed by atoms with E-state index in [4.69, 9.17) is 14.7 Å². The Morgan fingerprint density at radius 3 is 2.47 bits per heavy atom. The predicted molar refractivity (Wildman–Crippen MR) is 139 cm³/mol. The van der Waals surface area contributed by atoms with Crippen LogP contribution in [0.25, 0.3) is 0 Å². The largest absolute Gasteiger partial charge is 0.426 e. The number of Topliss-reactive ketones (excluding diaryl/α,β-unsaturated/α-hetero) is 1. The average Bonchev–Trinajstić information content (AvgIpc) is 3.29. The second-order valence-electron chi connectivity index (χ2n) is 8.18. The van der Waals surface area contributed by atoms with Crippen LogP contribution >= 0.6 is 31.9 Å². The van der Waals surface area contributed by atoms with Crippen molar-refractivity contribution in [2.24, 2.45) is 4.99 Å². The van der Waals surface area contributed by atoms with Crippen LogP contribution in [0.5, 0.6) is 5.75 Å². The first-order valence-electron chi connectivity index (χ1n) is 10.8. The highest BCUT2D eigenvalue weighted by Crippen LogP contribution is 2.31. The first kappa shape index (κ1) is 24.3. The maximum atomic E-state index is 12.8. The number of anilines is 1. The Morgan fingerprint density at radius 1 is 1.09 bits per heavy atom. The van der Waals surface area contributed by atoms with Crippen molar-refractivity contribution in [3.63, 3.8) is 0 Å². The van der Waals surface area contributed by atoms with E-state index >= 15 is 0 Å². The predicted octanol–water partition coefficient (Wildman–Crippen LogP) is 5.43. The zero-order valence-electron chi connectivity index (χ0n) is 19.1. The van der Waals surface area contributed by atoms with E-state index < -0.39 is 0 Å². The molecule has 0 saturated heterocycles. The Morgan fingerprint density at radius 2 is 1.82 bits per heavy atom. The summed E-state index contributed by atoms with van der Waals surface area (Å²) >= 11 is 7.00. The van der Waals surface area contributed by atoms with Gasteiger partial charge in [-0.25, -0.2) is 4.98 Å². The van der Waals surface area contributed by atoms with Crippen LogP contribution in [0.1, 0.15) is 42.4 Å². The molecule has 0 aliphatic carbocycles. The number of carbonyl (C=O) groups excluding carboxylic acids is 2. The number of imidazole rings is 1. The minimum atomic E-state index is -0.387. The molecule has 34 heavy (non-hydrogen) atoms. The number of hydrogen-bond acceptors (Lipinski definition) is 6. The van der Waals surface area contributed by atoms with Crippen LogP contribution < -0.4 is 9.64 Å². The number of carbonyl (C=O) groups is 2. The summed E-state index contributed by atoms with van der Waals surface area (Å²) in [7, 11) is 0. The Kier molecular flexibility index (Phi) is 7.33. The fourth-order valence-electron chi connectivity index (χ4n) is 4.11. The van der Waals surface area contributed by atoms with E-state index in [2.05, 4.69) is 44.0 Å². The van der Waals surface area contributed by atoms with Crippen LogP contribution in [0.3, 0.4) is 0 Å². The number of halogens is 2. The number of ketones is 1. The molecule has 0 bridgehead atoms. The zero-order valence-corrected chi connectivity index (χ0v) is 22.3. The SMILES string of the molecule is CC(=O)Oc1ccc(Cn2c(Br)nc(N3C[C@@H](Cc4ccccc4)N=C3C)c2C(C)=O)cc1Br. The van der Waals surface area contributed by atoms with Crippen LogP contribution in [-0.4, -0.2) is 39.7 Å². The van der Waals surface area contributed by atoms with E-state index in [9.17, 15) is 9.59 Å².